The first kappa shape index (κ1) is 16.3. The van der Waals surface area contributed by atoms with E-state index in [1.807, 2.05) is 13.8 Å². The Morgan fingerprint density at radius 1 is 1.40 bits per heavy atom. The smallest absolute Gasteiger partial charge is 0.170 e. The summed E-state index contributed by atoms with van der Waals surface area (Å²) in [6.07, 6.45) is 0.208. The minimum Gasteiger partial charge on any atom is -0.492 e. The molecule has 0 amide bonds. The van der Waals surface area contributed by atoms with Gasteiger partial charge in [0.2, 0.25) is 0 Å². The molecule has 1 rings (SSSR count). The second-order valence-electron chi connectivity index (χ2n) is 4.33. The molecule has 6 nitrogen and oxygen atoms in total. The lowest BCUT2D eigenvalue weighted by atomic mass is 10.2. The summed E-state index contributed by atoms with van der Waals surface area (Å²) in [5, 5.41) is 14.7. The number of oxime groups is 1. The van der Waals surface area contributed by atoms with E-state index in [-0.39, 0.29) is 11.9 Å². The van der Waals surface area contributed by atoms with Crippen LogP contribution in [0.25, 0.3) is 0 Å². The molecule has 1 aromatic rings. The molecule has 1 unspecified atom stereocenters. The SMILES string of the molecule is CCOC(C)CNCCOc1ccc(/C(N)=N/O)cc1. The van der Waals surface area contributed by atoms with Crippen molar-refractivity contribution >= 4 is 5.84 Å². The predicted molar refractivity (Wildman–Crippen MR) is 78.4 cm³/mol. The Morgan fingerprint density at radius 2 is 2.10 bits per heavy atom. The van der Waals surface area contributed by atoms with Crippen molar-refractivity contribution in [3.63, 3.8) is 0 Å². The molecule has 0 radical (unpaired) electrons. The maximum absolute atomic E-state index is 8.55. The summed E-state index contributed by atoms with van der Waals surface area (Å²) in [6, 6.07) is 7.07. The molecule has 0 bridgehead atoms. The normalized spacial score (nSPS) is 13.2. The van der Waals surface area contributed by atoms with Gasteiger partial charge in [0, 0.05) is 25.3 Å². The van der Waals surface area contributed by atoms with Crippen molar-refractivity contribution in [2.24, 2.45) is 10.9 Å². The highest BCUT2D eigenvalue weighted by atomic mass is 16.5. The minimum absolute atomic E-state index is 0.0862. The lowest BCUT2D eigenvalue weighted by molar-refractivity contribution is 0.0755. The molecule has 112 valence electrons. The van der Waals surface area contributed by atoms with E-state index in [4.69, 9.17) is 20.4 Å². The number of nitrogens with two attached hydrogens (primary N) is 1. The third-order valence-electron chi connectivity index (χ3n) is 2.69. The summed E-state index contributed by atoms with van der Waals surface area (Å²) in [7, 11) is 0. The van der Waals surface area contributed by atoms with Crippen LogP contribution in [0.1, 0.15) is 19.4 Å². The van der Waals surface area contributed by atoms with E-state index in [1.165, 1.54) is 0 Å². The highest BCUT2D eigenvalue weighted by molar-refractivity contribution is 5.97. The van der Waals surface area contributed by atoms with Crippen molar-refractivity contribution in [3.05, 3.63) is 29.8 Å². The van der Waals surface area contributed by atoms with E-state index in [2.05, 4.69) is 10.5 Å². The Morgan fingerprint density at radius 3 is 2.70 bits per heavy atom. The lowest BCUT2D eigenvalue weighted by Crippen LogP contribution is -2.30. The molecule has 0 heterocycles. The van der Waals surface area contributed by atoms with Gasteiger partial charge in [0.05, 0.1) is 6.10 Å². The molecule has 0 spiro atoms. The topological polar surface area (TPSA) is 89.1 Å². The average Bonchev–Trinajstić information content (AvgIpc) is 2.47. The third-order valence-corrected chi connectivity index (χ3v) is 2.69. The fourth-order valence-electron chi connectivity index (χ4n) is 1.67. The lowest BCUT2D eigenvalue weighted by Gasteiger charge is -2.13. The van der Waals surface area contributed by atoms with Gasteiger partial charge < -0.3 is 25.7 Å². The van der Waals surface area contributed by atoms with E-state index in [0.29, 0.717) is 12.2 Å². The Kier molecular flexibility index (Phi) is 7.46. The highest BCUT2D eigenvalue weighted by Gasteiger charge is 2.01. The van der Waals surface area contributed by atoms with Crippen molar-refractivity contribution in [1.29, 1.82) is 0 Å². The van der Waals surface area contributed by atoms with Crippen LogP contribution in [-0.2, 0) is 4.74 Å². The summed E-state index contributed by atoms with van der Waals surface area (Å²) >= 11 is 0. The van der Waals surface area contributed by atoms with Crippen molar-refractivity contribution in [2.45, 2.75) is 20.0 Å². The van der Waals surface area contributed by atoms with E-state index >= 15 is 0 Å². The highest BCUT2D eigenvalue weighted by Crippen LogP contribution is 2.11. The van der Waals surface area contributed by atoms with Crippen molar-refractivity contribution in [2.75, 3.05) is 26.3 Å². The Labute approximate surface area is 119 Å². The molecule has 1 atom stereocenters. The van der Waals surface area contributed by atoms with E-state index in [9.17, 15) is 0 Å². The Hall–Kier alpha value is -1.79. The zero-order valence-electron chi connectivity index (χ0n) is 12.0. The molecule has 0 aliphatic heterocycles. The third kappa shape index (κ3) is 5.90. The van der Waals surface area contributed by atoms with Gasteiger partial charge in [-0.25, -0.2) is 0 Å². The van der Waals surface area contributed by atoms with E-state index in [0.717, 1.165) is 25.4 Å². The van der Waals surface area contributed by atoms with Crippen LogP contribution < -0.4 is 15.8 Å². The summed E-state index contributed by atoms with van der Waals surface area (Å²) in [6.45, 7) is 6.87. The zero-order valence-corrected chi connectivity index (χ0v) is 12.0. The number of hydrogen-bond donors (Lipinski definition) is 3. The summed E-state index contributed by atoms with van der Waals surface area (Å²) in [4.78, 5) is 0. The number of ether oxygens (including phenoxy) is 2. The molecule has 0 aromatic heterocycles. The van der Waals surface area contributed by atoms with Crippen LogP contribution in [0.3, 0.4) is 0 Å². The molecule has 4 N–H and O–H groups in total. The van der Waals surface area contributed by atoms with Crippen LogP contribution in [0.4, 0.5) is 0 Å². The monoisotopic (exact) mass is 281 g/mol. The van der Waals surface area contributed by atoms with Crippen LogP contribution in [0.2, 0.25) is 0 Å². The van der Waals surface area contributed by atoms with E-state index in [1.54, 1.807) is 24.3 Å². The first-order valence-electron chi connectivity index (χ1n) is 6.70. The molecule has 0 saturated carbocycles. The minimum atomic E-state index is 0.0862. The second kappa shape index (κ2) is 9.17. The second-order valence-corrected chi connectivity index (χ2v) is 4.33. The Bertz CT molecular complexity index is 407. The molecule has 6 heteroatoms. The van der Waals surface area contributed by atoms with Crippen molar-refractivity contribution in [1.82, 2.24) is 5.32 Å². The fraction of sp³-hybridized carbons (Fsp3) is 0.500. The van der Waals surface area contributed by atoms with E-state index < -0.39 is 0 Å². The molecule has 0 aliphatic carbocycles. The molecule has 20 heavy (non-hydrogen) atoms. The number of amidine groups is 1. The van der Waals surface area contributed by atoms with Gasteiger partial charge in [-0.2, -0.15) is 0 Å². The van der Waals surface area contributed by atoms with Gasteiger partial charge in [0.15, 0.2) is 5.84 Å². The number of rotatable bonds is 9. The summed E-state index contributed by atoms with van der Waals surface area (Å²) < 4.78 is 11.0. The molecule has 0 aliphatic rings. The van der Waals surface area contributed by atoms with Gasteiger partial charge in [0.1, 0.15) is 12.4 Å². The standard InChI is InChI=1S/C14H23N3O3/c1-3-19-11(2)10-16-8-9-20-13-6-4-12(5-7-13)14(15)17-18/h4-7,11,16,18H,3,8-10H2,1-2H3,(H2,15,17). The quantitative estimate of drug-likeness (QED) is 0.208. The predicted octanol–water partition coefficient (Wildman–Crippen LogP) is 1.17. The fourth-order valence-corrected chi connectivity index (χ4v) is 1.67. The number of nitrogens with one attached hydrogen (secondary N) is 1. The van der Waals surface area contributed by atoms with Gasteiger partial charge in [-0.05, 0) is 38.1 Å². The van der Waals surface area contributed by atoms with Crippen LogP contribution in [-0.4, -0.2) is 43.5 Å². The zero-order chi connectivity index (χ0) is 14.8. The van der Waals surface area contributed by atoms with Gasteiger partial charge in [-0.1, -0.05) is 5.16 Å². The first-order chi connectivity index (χ1) is 9.67. The van der Waals surface area contributed by atoms with Crippen LogP contribution in [0, 0.1) is 0 Å². The van der Waals surface area contributed by atoms with Crippen molar-refractivity contribution < 1.29 is 14.7 Å². The van der Waals surface area contributed by atoms with Crippen LogP contribution in [0.5, 0.6) is 5.75 Å². The number of nitrogens with zero attached hydrogens (tertiary/aromatic N) is 1. The van der Waals surface area contributed by atoms with Gasteiger partial charge in [-0.15, -0.1) is 0 Å². The van der Waals surface area contributed by atoms with Gasteiger partial charge in [-0.3, -0.25) is 0 Å². The van der Waals surface area contributed by atoms with Gasteiger partial charge in [0.25, 0.3) is 0 Å². The summed E-state index contributed by atoms with van der Waals surface area (Å²) in [5.74, 6) is 0.835. The maximum atomic E-state index is 8.55. The van der Waals surface area contributed by atoms with Crippen LogP contribution in [0.15, 0.2) is 29.4 Å². The number of hydrogen-bond acceptors (Lipinski definition) is 5. The maximum Gasteiger partial charge on any atom is 0.170 e. The molecular formula is C14H23N3O3. The average molecular weight is 281 g/mol. The van der Waals surface area contributed by atoms with Crippen LogP contribution >= 0.6 is 0 Å². The first-order valence-corrected chi connectivity index (χ1v) is 6.70. The summed E-state index contributed by atoms with van der Waals surface area (Å²) in [5.41, 5.74) is 6.13. The number of benzene rings is 1. The molecule has 0 saturated heterocycles. The molecule has 0 fully saturated rings. The Balaban J connectivity index is 2.22. The largest absolute Gasteiger partial charge is 0.492 e. The molecular weight excluding hydrogens is 258 g/mol. The van der Waals surface area contributed by atoms with Gasteiger partial charge >= 0.3 is 0 Å². The molecule has 1 aromatic carbocycles. The van der Waals surface area contributed by atoms with Crippen molar-refractivity contribution in [3.8, 4) is 5.75 Å².